The summed E-state index contributed by atoms with van der Waals surface area (Å²) in [7, 11) is 0. The summed E-state index contributed by atoms with van der Waals surface area (Å²) in [5.74, 6) is -0.378. The molecule has 0 aliphatic rings. The maximum absolute atomic E-state index is 13.6. The van der Waals surface area contributed by atoms with E-state index in [4.69, 9.17) is 11.2 Å². The molecule has 1 aromatic carbocycles. The van der Waals surface area contributed by atoms with Gasteiger partial charge in [0.25, 0.3) is 0 Å². The predicted molar refractivity (Wildman–Crippen MR) is 76.2 cm³/mol. The molecule has 118 valence electrons. The number of benzene rings is 1. The van der Waals surface area contributed by atoms with E-state index in [0.29, 0.717) is 0 Å². The number of halogens is 2. The molecule has 4 nitrogen and oxygen atoms in total. The van der Waals surface area contributed by atoms with E-state index in [-0.39, 0.29) is 6.42 Å². The quantitative estimate of drug-likeness (QED) is 0.370. The summed E-state index contributed by atoms with van der Waals surface area (Å²) in [5.41, 5.74) is -1.30. The first-order valence-electron chi connectivity index (χ1n) is 6.50. The summed E-state index contributed by atoms with van der Waals surface area (Å²) >= 11 is 0. The van der Waals surface area contributed by atoms with Gasteiger partial charge in [-0.2, -0.15) is 0 Å². The second kappa shape index (κ2) is 7.03. The van der Waals surface area contributed by atoms with E-state index in [2.05, 4.69) is 10.9 Å². The molecule has 0 fully saturated rings. The molecule has 0 amide bonds. The molecule has 1 aromatic rings. The lowest BCUT2D eigenvalue weighted by Gasteiger charge is -2.30. The highest BCUT2D eigenvalue weighted by molar-refractivity contribution is 6.01. The topological polar surface area (TPSA) is 61.7 Å². The Morgan fingerprint density at radius 2 is 2.09 bits per heavy atom. The van der Waals surface area contributed by atoms with Crippen LogP contribution >= 0.6 is 0 Å². The van der Waals surface area contributed by atoms with Gasteiger partial charge in [-0.15, -0.1) is 12.3 Å². The number of aliphatic imine (C=N–C) groups is 1. The SMILES string of the molecule is C#CCC(N=C([O-])OC(C)(C)C)C(=O)c1cc(F)ccc1F. The van der Waals surface area contributed by atoms with E-state index in [9.17, 15) is 18.7 Å². The highest BCUT2D eigenvalue weighted by Crippen LogP contribution is 2.16. The van der Waals surface area contributed by atoms with Crippen molar-refractivity contribution < 1.29 is 23.4 Å². The van der Waals surface area contributed by atoms with E-state index >= 15 is 0 Å². The number of Topliss-reactive ketones (excluding diaryl/α,β-unsaturated/α-hetero) is 1. The Balaban J connectivity index is 3.10. The van der Waals surface area contributed by atoms with Gasteiger partial charge in [0.15, 0.2) is 5.78 Å². The van der Waals surface area contributed by atoms with Crippen LogP contribution in [0.1, 0.15) is 37.6 Å². The summed E-state index contributed by atoms with van der Waals surface area (Å²) in [6.45, 7) is 4.89. The van der Waals surface area contributed by atoms with Gasteiger partial charge in [0, 0.05) is 12.0 Å². The highest BCUT2D eigenvalue weighted by atomic mass is 19.1. The van der Waals surface area contributed by atoms with Gasteiger partial charge in [-0.05, 0) is 18.2 Å². The van der Waals surface area contributed by atoms with Crippen LogP contribution in [0.15, 0.2) is 23.2 Å². The number of carbonyl (C=O) groups excluding carboxylic acids is 1. The van der Waals surface area contributed by atoms with E-state index in [1.165, 1.54) is 0 Å². The van der Waals surface area contributed by atoms with Crippen LogP contribution in [0.5, 0.6) is 0 Å². The van der Waals surface area contributed by atoms with Gasteiger partial charge >= 0.3 is 0 Å². The first-order valence-corrected chi connectivity index (χ1v) is 6.50. The molecule has 0 aromatic heterocycles. The Morgan fingerprint density at radius 1 is 1.45 bits per heavy atom. The van der Waals surface area contributed by atoms with Crippen molar-refractivity contribution in [2.24, 2.45) is 4.99 Å². The molecule has 6 heteroatoms. The van der Waals surface area contributed by atoms with E-state index in [1.54, 1.807) is 20.8 Å². The molecular formula is C16H16F2NO3-. The maximum atomic E-state index is 13.6. The molecule has 0 spiro atoms. The van der Waals surface area contributed by atoms with Crippen molar-refractivity contribution in [2.75, 3.05) is 0 Å². The van der Waals surface area contributed by atoms with Gasteiger partial charge in [0.05, 0.1) is 5.56 Å². The van der Waals surface area contributed by atoms with Gasteiger partial charge in [-0.25, -0.2) is 8.78 Å². The van der Waals surface area contributed by atoms with Crippen LogP contribution in [-0.4, -0.2) is 23.5 Å². The molecular weight excluding hydrogens is 292 g/mol. The second-order valence-corrected chi connectivity index (χ2v) is 5.52. The first-order chi connectivity index (χ1) is 10.1. The highest BCUT2D eigenvalue weighted by Gasteiger charge is 2.22. The molecule has 0 aliphatic heterocycles. The lowest BCUT2D eigenvalue weighted by atomic mass is 10.0. The Hall–Kier alpha value is -2.42. The van der Waals surface area contributed by atoms with Crippen molar-refractivity contribution in [3.8, 4) is 12.3 Å². The molecule has 0 bridgehead atoms. The largest absolute Gasteiger partial charge is 0.595 e. The third-order valence-corrected chi connectivity index (χ3v) is 2.46. The summed E-state index contributed by atoms with van der Waals surface area (Å²) in [4.78, 5) is 15.8. The Morgan fingerprint density at radius 3 is 2.64 bits per heavy atom. The Labute approximate surface area is 127 Å². The molecule has 0 saturated heterocycles. The van der Waals surface area contributed by atoms with Crippen molar-refractivity contribution in [1.29, 1.82) is 0 Å². The van der Waals surface area contributed by atoms with Crippen LogP contribution in [0.25, 0.3) is 0 Å². The number of hydrogen-bond acceptors (Lipinski definition) is 4. The monoisotopic (exact) mass is 308 g/mol. The number of rotatable bonds is 4. The van der Waals surface area contributed by atoms with Crippen molar-refractivity contribution in [2.45, 2.75) is 38.8 Å². The van der Waals surface area contributed by atoms with Crippen LogP contribution in [0.3, 0.4) is 0 Å². The van der Waals surface area contributed by atoms with Crippen LogP contribution < -0.4 is 5.11 Å². The lowest BCUT2D eigenvalue weighted by Crippen LogP contribution is -2.34. The van der Waals surface area contributed by atoms with Gasteiger partial charge in [-0.1, -0.05) is 20.8 Å². The summed E-state index contributed by atoms with van der Waals surface area (Å²) in [5, 5.41) is 11.7. The number of hydrogen-bond donors (Lipinski definition) is 0. The van der Waals surface area contributed by atoms with Crippen molar-refractivity contribution in [3.05, 3.63) is 35.4 Å². The zero-order valence-electron chi connectivity index (χ0n) is 12.5. The maximum Gasteiger partial charge on any atom is 0.191 e. The lowest BCUT2D eigenvalue weighted by molar-refractivity contribution is -0.260. The average molecular weight is 308 g/mol. The average Bonchev–Trinajstić information content (AvgIpc) is 2.38. The zero-order valence-corrected chi connectivity index (χ0v) is 12.5. The minimum absolute atomic E-state index is 0.228. The minimum Gasteiger partial charge on any atom is -0.595 e. The van der Waals surface area contributed by atoms with Crippen molar-refractivity contribution >= 4 is 11.9 Å². The number of carbonyl (C=O) groups is 1. The second-order valence-electron chi connectivity index (χ2n) is 5.52. The van der Waals surface area contributed by atoms with Gasteiger partial charge in [0.2, 0.25) is 0 Å². The molecule has 0 aliphatic carbocycles. The molecule has 1 rings (SSSR count). The molecule has 0 saturated carbocycles. The summed E-state index contributed by atoms with van der Waals surface area (Å²) in [6.07, 6.45) is 3.92. The number of ether oxygens (including phenoxy) is 1. The fourth-order valence-corrected chi connectivity index (χ4v) is 1.59. The standard InChI is InChI=1S/C16H17F2NO3/c1-5-6-13(19-15(21)22-16(2,3)4)14(20)11-9-10(17)7-8-12(11)18/h1,7-9,13H,6H2,2-4H3,(H,19,21)/p-1. The van der Waals surface area contributed by atoms with E-state index < -0.39 is 40.7 Å². The third-order valence-electron chi connectivity index (χ3n) is 2.46. The van der Waals surface area contributed by atoms with Crippen LogP contribution in [0.4, 0.5) is 8.78 Å². The normalized spacial score (nSPS) is 13.4. The van der Waals surface area contributed by atoms with Crippen LogP contribution in [0, 0.1) is 24.0 Å². The fourth-order valence-electron chi connectivity index (χ4n) is 1.59. The summed E-state index contributed by atoms with van der Waals surface area (Å²) < 4.78 is 31.8. The third kappa shape index (κ3) is 5.17. The van der Waals surface area contributed by atoms with Gasteiger partial charge in [-0.3, -0.25) is 9.79 Å². The molecule has 0 heterocycles. The smallest absolute Gasteiger partial charge is 0.191 e. The zero-order chi connectivity index (χ0) is 16.9. The molecule has 0 N–H and O–H groups in total. The van der Waals surface area contributed by atoms with Crippen molar-refractivity contribution in [1.82, 2.24) is 0 Å². The number of nitrogens with zero attached hydrogens (tertiary/aromatic N) is 1. The van der Waals surface area contributed by atoms with Gasteiger partial charge < -0.3 is 9.84 Å². The van der Waals surface area contributed by atoms with Crippen LogP contribution in [-0.2, 0) is 4.74 Å². The Kier molecular flexibility index (Phi) is 5.63. The fraction of sp³-hybridized carbons (Fsp3) is 0.375. The first kappa shape index (κ1) is 17.6. The van der Waals surface area contributed by atoms with E-state index in [1.807, 2.05) is 0 Å². The molecule has 1 atom stereocenters. The van der Waals surface area contributed by atoms with Crippen molar-refractivity contribution in [3.63, 3.8) is 0 Å². The molecule has 0 radical (unpaired) electrons. The molecule has 1 unspecified atom stereocenters. The van der Waals surface area contributed by atoms with E-state index in [0.717, 1.165) is 18.2 Å². The number of ketones is 1. The predicted octanol–water partition coefficient (Wildman–Crippen LogP) is 2.07. The minimum atomic E-state index is -1.32. The van der Waals surface area contributed by atoms with Crippen LogP contribution in [0.2, 0.25) is 0 Å². The molecule has 22 heavy (non-hydrogen) atoms. The van der Waals surface area contributed by atoms with Gasteiger partial charge in [0.1, 0.15) is 23.8 Å². The Bertz CT molecular complexity index is 627. The summed E-state index contributed by atoms with van der Waals surface area (Å²) in [6, 6.07) is 1.12. The number of terminal acetylenes is 1.